The molecule has 0 aliphatic rings. The maximum Gasteiger partial charge on any atom is 0.267 e. The largest absolute Gasteiger partial charge is 0.373 e. The van der Waals surface area contributed by atoms with E-state index in [1.165, 1.54) is 12.3 Å². The Kier molecular flexibility index (Phi) is 4.03. The van der Waals surface area contributed by atoms with Gasteiger partial charge in [0.05, 0.1) is 0 Å². The van der Waals surface area contributed by atoms with E-state index in [-0.39, 0.29) is 11.6 Å². The summed E-state index contributed by atoms with van der Waals surface area (Å²) in [6.07, 6.45) is 1.45. The van der Waals surface area contributed by atoms with Gasteiger partial charge in [-0.25, -0.2) is 0 Å². The zero-order chi connectivity index (χ0) is 13.0. The number of nitrogens with two attached hydrogens (primary N) is 2. The fourth-order valence-corrected chi connectivity index (χ4v) is 1.40. The smallest absolute Gasteiger partial charge is 0.267 e. The van der Waals surface area contributed by atoms with E-state index in [4.69, 9.17) is 11.5 Å². The van der Waals surface area contributed by atoms with E-state index in [2.05, 4.69) is 10.3 Å². The molecule has 92 valence electrons. The number of hydrogen-bond acceptors (Lipinski definition) is 4. The number of nitrogens with zero attached hydrogens (tertiary/aromatic N) is 1. The number of rotatable bonds is 5. The maximum atomic E-state index is 11.2. The second kappa shape index (κ2) is 5.29. The topological polar surface area (TPSA) is 111 Å². The van der Waals surface area contributed by atoms with Crippen molar-refractivity contribution >= 4 is 17.5 Å². The first-order valence-corrected chi connectivity index (χ1v) is 5.23. The summed E-state index contributed by atoms with van der Waals surface area (Å²) >= 11 is 0. The molecule has 1 rings (SSSR count). The molecule has 0 aromatic carbocycles. The highest BCUT2D eigenvalue weighted by atomic mass is 16.1. The van der Waals surface area contributed by atoms with Crippen molar-refractivity contribution in [3.63, 3.8) is 0 Å². The number of hydrogen-bond donors (Lipinski definition) is 3. The fourth-order valence-electron chi connectivity index (χ4n) is 1.40. The molecule has 6 heteroatoms. The van der Waals surface area contributed by atoms with Crippen molar-refractivity contribution in [2.45, 2.75) is 19.9 Å². The number of anilines is 1. The van der Waals surface area contributed by atoms with Crippen molar-refractivity contribution in [1.82, 2.24) is 4.98 Å². The molecule has 0 saturated carbocycles. The van der Waals surface area contributed by atoms with Gasteiger partial charge in [-0.1, -0.05) is 13.8 Å². The fraction of sp³-hybridized carbons (Fsp3) is 0.364. The monoisotopic (exact) mass is 236 g/mol. The van der Waals surface area contributed by atoms with Gasteiger partial charge >= 0.3 is 0 Å². The number of nitrogens with one attached hydrogen (secondary N) is 1. The molecule has 0 fully saturated rings. The predicted octanol–water partition coefficient (Wildman–Crippen LogP) is 0.102. The molecule has 0 saturated heterocycles. The van der Waals surface area contributed by atoms with Gasteiger partial charge in [-0.15, -0.1) is 0 Å². The van der Waals surface area contributed by atoms with Crippen LogP contribution in [0.1, 0.15) is 24.3 Å². The Morgan fingerprint density at radius 3 is 2.47 bits per heavy atom. The van der Waals surface area contributed by atoms with Gasteiger partial charge in [0.2, 0.25) is 5.91 Å². The zero-order valence-electron chi connectivity index (χ0n) is 9.81. The van der Waals surface area contributed by atoms with Gasteiger partial charge in [0.25, 0.3) is 5.91 Å². The molecule has 0 radical (unpaired) electrons. The van der Waals surface area contributed by atoms with Gasteiger partial charge in [0.1, 0.15) is 11.7 Å². The van der Waals surface area contributed by atoms with Crippen LogP contribution in [-0.2, 0) is 4.79 Å². The van der Waals surface area contributed by atoms with Gasteiger partial charge < -0.3 is 16.8 Å². The van der Waals surface area contributed by atoms with Crippen molar-refractivity contribution < 1.29 is 9.59 Å². The van der Waals surface area contributed by atoms with Crippen LogP contribution in [0.2, 0.25) is 0 Å². The second-order valence-corrected chi connectivity index (χ2v) is 4.06. The van der Waals surface area contributed by atoms with Crippen molar-refractivity contribution in [3.05, 3.63) is 24.0 Å². The lowest BCUT2D eigenvalue weighted by Gasteiger charge is -2.20. The molecule has 1 heterocycles. The third-order valence-electron chi connectivity index (χ3n) is 2.31. The van der Waals surface area contributed by atoms with Gasteiger partial charge in [-0.05, 0) is 18.1 Å². The van der Waals surface area contributed by atoms with E-state index in [1.807, 2.05) is 13.8 Å². The average molecular weight is 236 g/mol. The SMILES string of the molecule is CC(C)C(Nc1ccnc(C(N)=O)c1)C(N)=O. The summed E-state index contributed by atoms with van der Waals surface area (Å²) in [5.74, 6) is -1.02. The molecule has 1 unspecified atom stereocenters. The first kappa shape index (κ1) is 13.0. The maximum absolute atomic E-state index is 11.2. The minimum absolute atomic E-state index is 0.0395. The van der Waals surface area contributed by atoms with Crippen LogP contribution in [0.3, 0.4) is 0 Å². The molecule has 0 bridgehead atoms. The van der Waals surface area contributed by atoms with Crippen LogP contribution >= 0.6 is 0 Å². The van der Waals surface area contributed by atoms with E-state index < -0.39 is 17.9 Å². The molecule has 0 spiro atoms. The van der Waals surface area contributed by atoms with Crippen molar-refractivity contribution in [3.8, 4) is 0 Å². The van der Waals surface area contributed by atoms with Crippen LogP contribution < -0.4 is 16.8 Å². The molecule has 2 amide bonds. The normalized spacial score (nSPS) is 12.2. The zero-order valence-corrected chi connectivity index (χ0v) is 9.81. The molecule has 6 nitrogen and oxygen atoms in total. The average Bonchev–Trinajstić information content (AvgIpc) is 2.25. The Bertz CT molecular complexity index is 431. The molecule has 5 N–H and O–H groups in total. The lowest BCUT2D eigenvalue weighted by Crippen LogP contribution is -2.39. The molecule has 1 aromatic rings. The first-order chi connectivity index (χ1) is 7.91. The summed E-state index contributed by atoms with van der Waals surface area (Å²) in [6.45, 7) is 3.75. The first-order valence-electron chi connectivity index (χ1n) is 5.23. The number of carbonyl (C=O) groups is 2. The number of pyridine rings is 1. The molecule has 1 aromatic heterocycles. The summed E-state index contributed by atoms with van der Waals surface area (Å²) in [7, 11) is 0. The Morgan fingerprint density at radius 2 is 2.00 bits per heavy atom. The van der Waals surface area contributed by atoms with Crippen LogP contribution in [0.4, 0.5) is 5.69 Å². The summed E-state index contributed by atoms with van der Waals surface area (Å²) in [4.78, 5) is 26.0. The van der Waals surface area contributed by atoms with Crippen LogP contribution in [0.25, 0.3) is 0 Å². The van der Waals surface area contributed by atoms with Gasteiger partial charge in [0, 0.05) is 11.9 Å². The van der Waals surface area contributed by atoms with E-state index in [0.29, 0.717) is 5.69 Å². The van der Waals surface area contributed by atoms with Crippen LogP contribution in [0.5, 0.6) is 0 Å². The predicted molar refractivity (Wildman–Crippen MR) is 64.2 cm³/mol. The minimum Gasteiger partial charge on any atom is -0.373 e. The Labute approximate surface area is 99.4 Å². The molecular formula is C11H16N4O2. The summed E-state index contributed by atoms with van der Waals surface area (Å²) in [5, 5.41) is 2.95. The quantitative estimate of drug-likeness (QED) is 0.673. The highest BCUT2D eigenvalue weighted by Gasteiger charge is 2.19. The van der Waals surface area contributed by atoms with Gasteiger partial charge in [0.15, 0.2) is 0 Å². The summed E-state index contributed by atoms with van der Waals surface area (Å²) in [6, 6.07) is 2.63. The Balaban J connectivity index is 2.90. The Hall–Kier alpha value is -2.11. The van der Waals surface area contributed by atoms with Crippen molar-refractivity contribution in [1.29, 1.82) is 0 Å². The number of amides is 2. The van der Waals surface area contributed by atoms with E-state index in [9.17, 15) is 9.59 Å². The third-order valence-corrected chi connectivity index (χ3v) is 2.31. The van der Waals surface area contributed by atoms with E-state index in [1.54, 1.807) is 6.07 Å². The lowest BCUT2D eigenvalue weighted by molar-refractivity contribution is -0.119. The van der Waals surface area contributed by atoms with E-state index >= 15 is 0 Å². The van der Waals surface area contributed by atoms with Crippen LogP contribution in [-0.4, -0.2) is 22.8 Å². The van der Waals surface area contributed by atoms with Gasteiger partial charge in [-0.3, -0.25) is 14.6 Å². The second-order valence-electron chi connectivity index (χ2n) is 4.06. The van der Waals surface area contributed by atoms with E-state index in [0.717, 1.165) is 0 Å². The lowest BCUT2D eigenvalue weighted by atomic mass is 10.0. The number of primary amides is 2. The molecule has 1 atom stereocenters. The highest BCUT2D eigenvalue weighted by molar-refractivity contribution is 5.92. The molecular weight excluding hydrogens is 220 g/mol. The number of carbonyl (C=O) groups excluding carboxylic acids is 2. The van der Waals surface area contributed by atoms with Crippen LogP contribution in [0, 0.1) is 5.92 Å². The molecule has 0 aliphatic heterocycles. The number of aromatic nitrogens is 1. The molecule has 0 aliphatic carbocycles. The van der Waals surface area contributed by atoms with Crippen LogP contribution in [0.15, 0.2) is 18.3 Å². The van der Waals surface area contributed by atoms with Gasteiger partial charge in [-0.2, -0.15) is 0 Å². The summed E-state index contributed by atoms with van der Waals surface area (Å²) < 4.78 is 0. The molecule has 17 heavy (non-hydrogen) atoms. The van der Waals surface area contributed by atoms with Crippen molar-refractivity contribution in [2.75, 3.05) is 5.32 Å². The van der Waals surface area contributed by atoms with Crippen molar-refractivity contribution in [2.24, 2.45) is 17.4 Å². The third kappa shape index (κ3) is 3.44. The highest BCUT2D eigenvalue weighted by Crippen LogP contribution is 2.13. The summed E-state index contributed by atoms with van der Waals surface area (Å²) in [5.41, 5.74) is 11.1. The standard InChI is InChI=1S/C11H16N4O2/c1-6(2)9(11(13)17)15-7-3-4-14-8(5-7)10(12)16/h3-6,9H,1-2H3,(H2,12,16)(H2,13,17)(H,14,15). The Morgan fingerprint density at radius 1 is 1.35 bits per heavy atom. The minimum atomic E-state index is -0.617.